The molecule has 1 unspecified atom stereocenters. The minimum Gasteiger partial charge on any atom is -0.375 e. The molecule has 1 atom stereocenters. The SMILES string of the molecule is CC1CN(c2cnccc2CNC(C)(C)C)CCO1. The molecule has 0 saturated carbocycles. The van der Waals surface area contributed by atoms with Gasteiger partial charge in [-0.25, -0.2) is 0 Å². The normalized spacial score (nSPS) is 20.6. The summed E-state index contributed by atoms with van der Waals surface area (Å²) in [5.41, 5.74) is 2.66. The van der Waals surface area contributed by atoms with Crippen molar-refractivity contribution < 1.29 is 4.74 Å². The topological polar surface area (TPSA) is 37.4 Å². The number of nitrogens with zero attached hydrogens (tertiary/aromatic N) is 2. The Balaban J connectivity index is 2.11. The third-order valence-electron chi connectivity index (χ3n) is 3.28. The Kier molecular flexibility index (Phi) is 4.42. The average molecular weight is 263 g/mol. The van der Waals surface area contributed by atoms with Crippen LogP contribution in [0.25, 0.3) is 0 Å². The van der Waals surface area contributed by atoms with E-state index in [-0.39, 0.29) is 11.6 Å². The maximum absolute atomic E-state index is 5.61. The van der Waals surface area contributed by atoms with Crippen molar-refractivity contribution in [2.75, 3.05) is 24.6 Å². The van der Waals surface area contributed by atoms with Gasteiger partial charge in [0.2, 0.25) is 0 Å². The van der Waals surface area contributed by atoms with Gasteiger partial charge in [-0.05, 0) is 39.3 Å². The summed E-state index contributed by atoms with van der Waals surface area (Å²) in [6.07, 6.45) is 4.13. The summed E-state index contributed by atoms with van der Waals surface area (Å²) in [5, 5.41) is 3.54. The Morgan fingerprint density at radius 1 is 1.47 bits per heavy atom. The van der Waals surface area contributed by atoms with Crippen molar-refractivity contribution in [3.05, 3.63) is 24.0 Å². The maximum Gasteiger partial charge on any atom is 0.0722 e. The summed E-state index contributed by atoms with van der Waals surface area (Å²) in [6, 6.07) is 2.11. The van der Waals surface area contributed by atoms with Crippen LogP contribution in [0.5, 0.6) is 0 Å². The number of nitrogens with one attached hydrogen (secondary N) is 1. The molecule has 1 saturated heterocycles. The predicted molar refractivity (Wildman–Crippen MR) is 78.5 cm³/mol. The van der Waals surface area contributed by atoms with E-state index in [0.29, 0.717) is 0 Å². The number of morpholine rings is 1. The number of ether oxygens (including phenoxy) is 1. The second kappa shape index (κ2) is 5.88. The molecule has 0 aliphatic carbocycles. The van der Waals surface area contributed by atoms with Crippen LogP contribution in [-0.4, -0.2) is 36.3 Å². The molecular formula is C15H25N3O. The van der Waals surface area contributed by atoms with Gasteiger partial charge in [-0.3, -0.25) is 4.98 Å². The first-order valence-corrected chi connectivity index (χ1v) is 7.00. The molecule has 4 heteroatoms. The molecule has 1 aromatic heterocycles. The number of hydrogen-bond donors (Lipinski definition) is 1. The number of anilines is 1. The minimum atomic E-state index is 0.124. The summed E-state index contributed by atoms with van der Waals surface area (Å²) in [5.74, 6) is 0. The van der Waals surface area contributed by atoms with Crippen molar-refractivity contribution in [1.82, 2.24) is 10.3 Å². The largest absolute Gasteiger partial charge is 0.375 e. The fourth-order valence-corrected chi connectivity index (χ4v) is 2.25. The molecule has 0 bridgehead atoms. The fourth-order valence-electron chi connectivity index (χ4n) is 2.25. The lowest BCUT2D eigenvalue weighted by atomic mass is 10.1. The average Bonchev–Trinajstić information content (AvgIpc) is 2.36. The second-order valence-electron chi connectivity index (χ2n) is 6.24. The van der Waals surface area contributed by atoms with Gasteiger partial charge in [-0.2, -0.15) is 0 Å². The second-order valence-corrected chi connectivity index (χ2v) is 6.24. The van der Waals surface area contributed by atoms with Crippen LogP contribution in [0.15, 0.2) is 18.5 Å². The molecule has 19 heavy (non-hydrogen) atoms. The van der Waals surface area contributed by atoms with Crippen LogP contribution in [-0.2, 0) is 11.3 Å². The molecule has 2 heterocycles. The molecule has 1 aliphatic heterocycles. The Bertz CT molecular complexity index is 414. The third kappa shape index (κ3) is 4.18. The quantitative estimate of drug-likeness (QED) is 0.907. The van der Waals surface area contributed by atoms with E-state index in [1.54, 1.807) is 0 Å². The van der Waals surface area contributed by atoms with Gasteiger partial charge in [0, 0.05) is 31.4 Å². The minimum absolute atomic E-state index is 0.124. The van der Waals surface area contributed by atoms with E-state index in [4.69, 9.17) is 4.74 Å². The van der Waals surface area contributed by atoms with E-state index in [0.717, 1.165) is 26.2 Å². The van der Waals surface area contributed by atoms with Gasteiger partial charge in [-0.15, -0.1) is 0 Å². The molecule has 1 aliphatic rings. The lowest BCUT2D eigenvalue weighted by Gasteiger charge is -2.34. The number of aromatic nitrogens is 1. The zero-order valence-electron chi connectivity index (χ0n) is 12.4. The van der Waals surface area contributed by atoms with Crippen molar-refractivity contribution in [3.8, 4) is 0 Å². The number of rotatable bonds is 3. The van der Waals surface area contributed by atoms with E-state index in [1.807, 2.05) is 12.4 Å². The lowest BCUT2D eigenvalue weighted by molar-refractivity contribution is 0.0531. The van der Waals surface area contributed by atoms with Crippen LogP contribution in [0.4, 0.5) is 5.69 Å². The lowest BCUT2D eigenvalue weighted by Crippen LogP contribution is -2.42. The molecule has 1 aromatic rings. The van der Waals surface area contributed by atoms with E-state index in [2.05, 4.69) is 49.0 Å². The van der Waals surface area contributed by atoms with Crippen molar-refractivity contribution >= 4 is 5.69 Å². The zero-order valence-corrected chi connectivity index (χ0v) is 12.4. The maximum atomic E-state index is 5.61. The van der Waals surface area contributed by atoms with E-state index in [9.17, 15) is 0 Å². The van der Waals surface area contributed by atoms with Crippen molar-refractivity contribution in [2.24, 2.45) is 0 Å². The van der Waals surface area contributed by atoms with Crippen LogP contribution in [0.1, 0.15) is 33.3 Å². The first-order valence-electron chi connectivity index (χ1n) is 7.00. The van der Waals surface area contributed by atoms with Crippen LogP contribution in [0.3, 0.4) is 0 Å². The monoisotopic (exact) mass is 263 g/mol. The standard InChI is InChI=1S/C15H25N3O/c1-12-11-18(7-8-19-12)14-10-16-6-5-13(14)9-17-15(2,3)4/h5-6,10,12,17H,7-9,11H2,1-4H3. The van der Waals surface area contributed by atoms with Crippen molar-refractivity contribution in [1.29, 1.82) is 0 Å². The molecule has 4 nitrogen and oxygen atoms in total. The number of hydrogen-bond acceptors (Lipinski definition) is 4. The van der Waals surface area contributed by atoms with Gasteiger partial charge in [0.25, 0.3) is 0 Å². The van der Waals surface area contributed by atoms with E-state index >= 15 is 0 Å². The van der Waals surface area contributed by atoms with Gasteiger partial charge in [0.15, 0.2) is 0 Å². The summed E-state index contributed by atoms with van der Waals surface area (Å²) >= 11 is 0. The summed E-state index contributed by atoms with van der Waals surface area (Å²) in [4.78, 5) is 6.66. The molecule has 106 valence electrons. The highest BCUT2D eigenvalue weighted by Gasteiger charge is 2.20. The molecule has 0 amide bonds. The third-order valence-corrected chi connectivity index (χ3v) is 3.28. The molecule has 0 aromatic carbocycles. The van der Waals surface area contributed by atoms with Crippen LogP contribution in [0, 0.1) is 0 Å². The molecule has 1 fully saturated rings. The molecule has 0 spiro atoms. The highest BCUT2D eigenvalue weighted by atomic mass is 16.5. The Labute approximate surface area is 116 Å². The van der Waals surface area contributed by atoms with Gasteiger partial charge >= 0.3 is 0 Å². The van der Waals surface area contributed by atoms with Crippen LogP contribution >= 0.6 is 0 Å². The van der Waals surface area contributed by atoms with Crippen molar-refractivity contribution in [2.45, 2.75) is 45.9 Å². The van der Waals surface area contributed by atoms with Gasteiger partial charge in [0.05, 0.1) is 24.6 Å². The first-order chi connectivity index (χ1) is 8.96. The van der Waals surface area contributed by atoms with Crippen LogP contribution < -0.4 is 10.2 Å². The van der Waals surface area contributed by atoms with Gasteiger partial charge < -0.3 is 15.0 Å². The smallest absolute Gasteiger partial charge is 0.0722 e. The summed E-state index contributed by atoms with van der Waals surface area (Å²) in [7, 11) is 0. The Morgan fingerprint density at radius 3 is 2.95 bits per heavy atom. The summed E-state index contributed by atoms with van der Waals surface area (Å²) < 4.78 is 5.61. The Morgan fingerprint density at radius 2 is 2.26 bits per heavy atom. The molecule has 2 rings (SSSR count). The van der Waals surface area contributed by atoms with Crippen LogP contribution in [0.2, 0.25) is 0 Å². The van der Waals surface area contributed by atoms with Gasteiger partial charge in [-0.1, -0.05) is 0 Å². The fraction of sp³-hybridized carbons (Fsp3) is 0.667. The Hall–Kier alpha value is -1.13. The van der Waals surface area contributed by atoms with E-state index < -0.39 is 0 Å². The zero-order chi connectivity index (χ0) is 13.9. The number of pyridine rings is 1. The molecular weight excluding hydrogens is 238 g/mol. The molecule has 1 N–H and O–H groups in total. The predicted octanol–water partition coefficient (Wildman–Crippen LogP) is 2.19. The van der Waals surface area contributed by atoms with Gasteiger partial charge in [0.1, 0.15) is 0 Å². The summed E-state index contributed by atoms with van der Waals surface area (Å²) in [6.45, 7) is 12.2. The highest BCUT2D eigenvalue weighted by molar-refractivity contribution is 5.52. The molecule has 0 radical (unpaired) electrons. The van der Waals surface area contributed by atoms with Crippen molar-refractivity contribution in [3.63, 3.8) is 0 Å². The highest BCUT2D eigenvalue weighted by Crippen LogP contribution is 2.22. The van der Waals surface area contributed by atoms with E-state index in [1.165, 1.54) is 11.3 Å². The first kappa shape index (κ1) is 14.3.